The molecule has 1 aliphatic rings. The quantitative estimate of drug-likeness (QED) is 0.684. The lowest BCUT2D eigenvalue weighted by Gasteiger charge is -1.98. The van der Waals surface area contributed by atoms with Crippen LogP contribution in [0.5, 0.6) is 0 Å². The number of nitro benzene ring substituents is 1. The van der Waals surface area contributed by atoms with E-state index in [4.69, 9.17) is 21.1 Å². The minimum Gasteiger partial charge on any atom is -0.475 e. The van der Waals surface area contributed by atoms with Gasteiger partial charge in [0.15, 0.2) is 0 Å². The van der Waals surface area contributed by atoms with Gasteiger partial charge in [-0.05, 0) is 25.0 Å². The fourth-order valence-corrected chi connectivity index (χ4v) is 2.24. The first-order valence-electron chi connectivity index (χ1n) is 6.15. The molecule has 7 nitrogen and oxygen atoms in total. The van der Waals surface area contributed by atoms with E-state index in [2.05, 4.69) is 4.98 Å². The highest BCUT2D eigenvalue weighted by atomic mass is 35.5. The van der Waals surface area contributed by atoms with Crippen LogP contribution >= 0.6 is 11.6 Å². The molecule has 108 valence electrons. The first-order chi connectivity index (χ1) is 9.97. The Morgan fingerprint density at radius 3 is 2.76 bits per heavy atom. The van der Waals surface area contributed by atoms with E-state index in [-0.39, 0.29) is 33.8 Å². The van der Waals surface area contributed by atoms with Crippen LogP contribution in [0.3, 0.4) is 0 Å². The molecule has 1 N–H and O–H groups in total. The number of hydrogen-bond donors (Lipinski definition) is 1. The van der Waals surface area contributed by atoms with Gasteiger partial charge in [0.05, 0.1) is 10.6 Å². The summed E-state index contributed by atoms with van der Waals surface area (Å²) in [5, 5.41) is 20.4. The van der Waals surface area contributed by atoms with Crippen molar-refractivity contribution in [1.82, 2.24) is 4.98 Å². The molecule has 0 spiro atoms. The van der Waals surface area contributed by atoms with Gasteiger partial charge < -0.3 is 9.52 Å². The van der Waals surface area contributed by atoms with Gasteiger partial charge in [-0.3, -0.25) is 10.1 Å². The van der Waals surface area contributed by atoms with E-state index in [1.807, 2.05) is 0 Å². The van der Waals surface area contributed by atoms with Crippen molar-refractivity contribution < 1.29 is 19.2 Å². The van der Waals surface area contributed by atoms with Gasteiger partial charge in [0.1, 0.15) is 5.56 Å². The van der Waals surface area contributed by atoms with Gasteiger partial charge in [-0.2, -0.15) is 0 Å². The van der Waals surface area contributed by atoms with Crippen LogP contribution in [0, 0.1) is 10.1 Å². The molecule has 0 unspecified atom stereocenters. The minimum absolute atomic E-state index is 0.0555. The van der Waals surface area contributed by atoms with Crippen molar-refractivity contribution in [1.29, 1.82) is 0 Å². The highest BCUT2D eigenvalue weighted by Crippen LogP contribution is 2.43. The van der Waals surface area contributed by atoms with Crippen LogP contribution in [-0.4, -0.2) is 21.0 Å². The lowest BCUT2D eigenvalue weighted by Crippen LogP contribution is -1.98. The van der Waals surface area contributed by atoms with Gasteiger partial charge in [-0.15, -0.1) is 0 Å². The predicted octanol–water partition coefficient (Wildman–Crippen LogP) is 3.48. The van der Waals surface area contributed by atoms with Crippen LogP contribution in [0.1, 0.15) is 35.0 Å². The zero-order chi connectivity index (χ0) is 15.1. The standard InChI is InChI=1S/C13H9ClN2O5/c14-7-3-4-8(9(5-7)16(19)20)12-15-10(6-1-2-6)11(21-12)13(17)18/h3-6H,1-2H2,(H,17,18). The number of aromatic nitrogens is 1. The summed E-state index contributed by atoms with van der Waals surface area (Å²) in [6.07, 6.45) is 1.68. The van der Waals surface area contributed by atoms with Crippen LogP contribution in [0.4, 0.5) is 5.69 Å². The maximum atomic E-state index is 11.2. The van der Waals surface area contributed by atoms with Crippen LogP contribution < -0.4 is 0 Å². The van der Waals surface area contributed by atoms with E-state index >= 15 is 0 Å². The summed E-state index contributed by atoms with van der Waals surface area (Å²) in [6.45, 7) is 0. The lowest BCUT2D eigenvalue weighted by atomic mass is 10.2. The number of nitro groups is 1. The number of carboxylic acids is 1. The van der Waals surface area contributed by atoms with Crippen molar-refractivity contribution in [3.05, 3.63) is 44.8 Å². The number of halogens is 1. The monoisotopic (exact) mass is 308 g/mol. The Bertz CT molecular complexity index is 751. The van der Waals surface area contributed by atoms with Crippen LogP contribution in [0.25, 0.3) is 11.5 Å². The number of benzene rings is 1. The molecule has 8 heteroatoms. The number of carboxylic acid groups (broad SMARTS) is 1. The zero-order valence-corrected chi connectivity index (χ0v) is 11.3. The van der Waals surface area contributed by atoms with E-state index < -0.39 is 10.9 Å². The van der Waals surface area contributed by atoms with Gasteiger partial charge in [0.2, 0.25) is 11.7 Å². The molecule has 0 radical (unpaired) electrons. The summed E-state index contributed by atoms with van der Waals surface area (Å²) in [5.74, 6) is -1.50. The van der Waals surface area contributed by atoms with Crippen molar-refractivity contribution in [3.8, 4) is 11.5 Å². The second kappa shape index (κ2) is 4.85. The van der Waals surface area contributed by atoms with Gasteiger partial charge >= 0.3 is 5.97 Å². The number of hydrogen-bond acceptors (Lipinski definition) is 5. The third-order valence-electron chi connectivity index (χ3n) is 3.20. The first-order valence-corrected chi connectivity index (χ1v) is 6.53. The lowest BCUT2D eigenvalue weighted by molar-refractivity contribution is -0.384. The maximum Gasteiger partial charge on any atom is 0.373 e. The van der Waals surface area contributed by atoms with Crippen molar-refractivity contribution in [2.45, 2.75) is 18.8 Å². The average Bonchev–Trinajstić information content (AvgIpc) is 3.17. The third-order valence-corrected chi connectivity index (χ3v) is 3.43. The first kappa shape index (κ1) is 13.6. The predicted molar refractivity (Wildman–Crippen MR) is 72.5 cm³/mol. The number of rotatable bonds is 4. The van der Waals surface area contributed by atoms with Crippen LogP contribution in [0.15, 0.2) is 22.6 Å². The molecule has 1 aromatic heterocycles. The topological polar surface area (TPSA) is 106 Å². The number of nitrogens with zero attached hydrogens (tertiary/aromatic N) is 2. The molecule has 0 saturated heterocycles. The molecule has 1 aliphatic carbocycles. The van der Waals surface area contributed by atoms with E-state index in [0.717, 1.165) is 12.8 Å². The molecule has 1 aromatic carbocycles. The second-order valence-electron chi connectivity index (χ2n) is 4.73. The normalized spacial score (nSPS) is 14.1. The van der Waals surface area contributed by atoms with E-state index in [9.17, 15) is 14.9 Å². The van der Waals surface area contributed by atoms with Crippen molar-refractivity contribution >= 4 is 23.3 Å². The highest BCUT2D eigenvalue weighted by molar-refractivity contribution is 6.30. The Hall–Kier alpha value is -2.41. The maximum absolute atomic E-state index is 11.2. The highest BCUT2D eigenvalue weighted by Gasteiger charge is 2.34. The van der Waals surface area contributed by atoms with Crippen molar-refractivity contribution in [3.63, 3.8) is 0 Å². The fourth-order valence-electron chi connectivity index (χ4n) is 2.07. The molecule has 3 rings (SSSR count). The Kier molecular flexibility index (Phi) is 3.13. The van der Waals surface area contributed by atoms with Gasteiger partial charge in [0.25, 0.3) is 5.69 Å². The SMILES string of the molecule is O=C(O)c1oc(-c2ccc(Cl)cc2[N+](=O)[O-])nc1C1CC1. The van der Waals surface area contributed by atoms with Crippen molar-refractivity contribution in [2.24, 2.45) is 0 Å². The molecular weight excluding hydrogens is 300 g/mol. The summed E-state index contributed by atoms with van der Waals surface area (Å²) < 4.78 is 5.24. The average molecular weight is 309 g/mol. The Labute approximate surface area is 123 Å². The minimum atomic E-state index is -1.23. The molecular formula is C13H9ClN2O5. The number of aromatic carboxylic acids is 1. The summed E-state index contributed by atoms with van der Waals surface area (Å²) in [6, 6.07) is 4.04. The van der Waals surface area contributed by atoms with Crippen molar-refractivity contribution in [2.75, 3.05) is 0 Å². The summed E-state index contributed by atoms with van der Waals surface area (Å²) in [7, 11) is 0. The van der Waals surface area contributed by atoms with Crippen LogP contribution in [-0.2, 0) is 0 Å². The Morgan fingerprint density at radius 2 is 2.19 bits per heavy atom. The second-order valence-corrected chi connectivity index (χ2v) is 5.17. The molecule has 0 atom stereocenters. The van der Waals surface area contributed by atoms with E-state index in [1.165, 1.54) is 18.2 Å². The van der Waals surface area contributed by atoms with Gasteiger partial charge in [0, 0.05) is 17.0 Å². The molecule has 0 amide bonds. The third kappa shape index (κ3) is 2.47. The molecule has 2 aromatic rings. The molecule has 0 aliphatic heterocycles. The van der Waals surface area contributed by atoms with Crippen LogP contribution in [0.2, 0.25) is 5.02 Å². The molecule has 0 bridgehead atoms. The largest absolute Gasteiger partial charge is 0.475 e. The summed E-state index contributed by atoms with van der Waals surface area (Å²) in [4.78, 5) is 25.8. The molecule has 1 saturated carbocycles. The Morgan fingerprint density at radius 1 is 1.48 bits per heavy atom. The summed E-state index contributed by atoms with van der Waals surface area (Å²) in [5.41, 5.74) is 0.184. The zero-order valence-electron chi connectivity index (χ0n) is 10.6. The van der Waals surface area contributed by atoms with E-state index in [1.54, 1.807) is 0 Å². The molecule has 1 fully saturated rings. The summed E-state index contributed by atoms with van der Waals surface area (Å²) >= 11 is 5.75. The number of oxazole rings is 1. The molecule has 1 heterocycles. The number of carbonyl (C=O) groups is 1. The fraction of sp³-hybridized carbons (Fsp3) is 0.231. The van der Waals surface area contributed by atoms with E-state index in [0.29, 0.717) is 5.69 Å². The smallest absolute Gasteiger partial charge is 0.373 e. The Balaban J connectivity index is 2.15. The van der Waals surface area contributed by atoms with Gasteiger partial charge in [-0.25, -0.2) is 9.78 Å². The van der Waals surface area contributed by atoms with Gasteiger partial charge in [-0.1, -0.05) is 11.6 Å². The molecule has 21 heavy (non-hydrogen) atoms.